The Morgan fingerprint density at radius 3 is 2.73 bits per heavy atom. The molecule has 1 amide bonds. The molecule has 8 heteroatoms. The van der Waals surface area contributed by atoms with Gasteiger partial charge in [-0.05, 0) is 30.3 Å². The van der Waals surface area contributed by atoms with Crippen molar-refractivity contribution in [3.05, 3.63) is 54.0 Å². The number of H-pyrrole nitrogens is 1. The van der Waals surface area contributed by atoms with E-state index in [-0.39, 0.29) is 12.5 Å². The number of anilines is 1. The van der Waals surface area contributed by atoms with Crippen molar-refractivity contribution in [3.63, 3.8) is 0 Å². The fourth-order valence-electron chi connectivity index (χ4n) is 1.76. The first-order chi connectivity index (χ1) is 10.7. The first-order valence-corrected chi connectivity index (χ1v) is 6.53. The Bertz CT molecular complexity index is 749. The maximum absolute atomic E-state index is 11.8. The van der Waals surface area contributed by atoms with Crippen LogP contribution < -0.4 is 10.1 Å². The second-order valence-electron chi connectivity index (χ2n) is 4.45. The summed E-state index contributed by atoms with van der Waals surface area (Å²) in [6, 6.07) is 8.56. The number of amides is 1. The zero-order chi connectivity index (χ0) is 15.4. The summed E-state index contributed by atoms with van der Waals surface area (Å²) in [5.74, 6) is 1.28. The molecule has 0 fully saturated rings. The number of aromatic amines is 1. The average molecular weight is 299 g/mol. The van der Waals surface area contributed by atoms with E-state index in [0.29, 0.717) is 28.9 Å². The molecule has 0 bridgehead atoms. The molecular formula is C14H13N5O3. The van der Waals surface area contributed by atoms with Crippen LogP contribution in [0.1, 0.15) is 22.3 Å². The Kier molecular flexibility index (Phi) is 3.82. The highest BCUT2D eigenvalue weighted by molar-refractivity contribution is 6.02. The van der Waals surface area contributed by atoms with Gasteiger partial charge in [-0.2, -0.15) is 5.10 Å². The number of nitrogens with zero attached hydrogens (tertiary/aromatic N) is 3. The highest BCUT2D eigenvalue weighted by Crippen LogP contribution is 2.17. The summed E-state index contributed by atoms with van der Waals surface area (Å²) in [6.45, 7) is 1.91. The van der Waals surface area contributed by atoms with Gasteiger partial charge in [0.1, 0.15) is 11.4 Å². The molecule has 8 nitrogen and oxygen atoms in total. The molecule has 3 rings (SSSR count). The minimum absolute atomic E-state index is 0.195. The predicted molar refractivity (Wildman–Crippen MR) is 76.3 cm³/mol. The predicted octanol–water partition coefficient (Wildman–Crippen LogP) is 1.93. The van der Waals surface area contributed by atoms with Gasteiger partial charge in [-0.3, -0.25) is 9.89 Å². The van der Waals surface area contributed by atoms with Gasteiger partial charge >= 0.3 is 0 Å². The topological polar surface area (TPSA) is 106 Å². The van der Waals surface area contributed by atoms with Gasteiger partial charge in [0.2, 0.25) is 5.89 Å². The minimum Gasteiger partial charge on any atom is -0.484 e. The van der Waals surface area contributed by atoms with E-state index < -0.39 is 0 Å². The first-order valence-electron chi connectivity index (χ1n) is 6.53. The van der Waals surface area contributed by atoms with Crippen molar-refractivity contribution in [2.75, 3.05) is 5.32 Å². The second-order valence-corrected chi connectivity index (χ2v) is 4.45. The van der Waals surface area contributed by atoms with Gasteiger partial charge in [-0.1, -0.05) is 0 Å². The molecule has 0 saturated heterocycles. The van der Waals surface area contributed by atoms with E-state index in [2.05, 4.69) is 25.7 Å². The van der Waals surface area contributed by atoms with Crippen molar-refractivity contribution < 1.29 is 13.9 Å². The van der Waals surface area contributed by atoms with Crippen molar-refractivity contribution in [1.29, 1.82) is 0 Å². The number of hydrogen-bond donors (Lipinski definition) is 2. The number of carbonyl (C=O) groups excluding carboxylic acids is 1. The normalized spacial score (nSPS) is 10.4. The SMILES string of the molecule is Cc1nnc(COc2ccc(NC(=O)c3ccn[nH]3)cc2)o1. The minimum atomic E-state index is -0.257. The fourth-order valence-corrected chi connectivity index (χ4v) is 1.76. The van der Waals surface area contributed by atoms with Gasteiger partial charge in [-0.15, -0.1) is 10.2 Å². The van der Waals surface area contributed by atoms with E-state index in [1.54, 1.807) is 37.3 Å². The van der Waals surface area contributed by atoms with Crippen molar-refractivity contribution >= 4 is 11.6 Å². The van der Waals surface area contributed by atoms with Gasteiger partial charge < -0.3 is 14.5 Å². The quantitative estimate of drug-likeness (QED) is 0.745. The van der Waals surface area contributed by atoms with Crippen LogP contribution in [0, 0.1) is 6.92 Å². The molecule has 0 aliphatic rings. The zero-order valence-corrected chi connectivity index (χ0v) is 11.7. The molecule has 112 valence electrons. The lowest BCUT2D eigenvalue weighted by molar-refractivity contribution is 0.102. The molecule has 0 saturated carbocycles. The molecule has 3 aromatic rings. The van der Waals surface area contributed by atoms with E-state index in [1.807, 2.05) is 0 Å². The number of nitrogens with one attached hydrogen (secondary N) is 2. The lowest BCUT2D eigenvalue weighted by Gasteiger charge is -2.06. The summed E-state index contributed by atoms with van der Waals surface area (Å²) >= 11 is 0. The zero-order valence-electron chi connectivity index (χ0n) is 11.7. The van der Waals surface area contributed by atoms with Crippen molar-refractivity contribution in [1.82, 2.24) is 20.4 Å². The van der Waals surface area contributed by atoms with Crippen LogP contribution in [-0.4, -0.2) is 26.3 Å². The second kappa shape index (κ2) is 6.08. The third kappa shape index (κ3) is 3.29. The van der Waals surface area contributed by atoms with Gasteiger partial charge in [0.05, 0.1) is 0 Å². The van der Waals surface area contributed by atoms with Crippen LogP contribution >= 0.6 is 0 Å². The Morgan fingerprint density at radius 1 is 1.27 bits per heavy atom. The average Bonchev–Trinajstić information content (AvgIpc) is 3.18. The standard InChI is InChI=1S/C14H13N5O3/c1-9-17-19-13(22-9)8-21-11-4-2-10(3-5-11)16-14(20)12-6-7-15-18-12/h2-7H,8H2,1H3,(H,15,18)(H,16,20). The summed E-state index contributed by atoms with van der Waals surface area (Å²) in [4.78, 5) is 11.8. The van der Waals surface area contributed by atoms with Gasteiger partial charge in [0.15, 0.2) is 6.61 Å². The Balaban J connectivity index is 1.57. The molecule has 0 radical (unpaired) electrons. The van der Waals surface area contributed by atoms with Gasteiger partial charge in [-0.25, -0.2) is 0 Å². The summed E-state index contributed by atoms with van der Waals surface area (Å²) in [6.07, 6.45) is 1.52. The van der Waals surface area contributed by atoms with Crippen molar-refractivity contribution in [2.45, 2.75) is 13.5 Å². The monoisotopic (exact) mass is 299 g/mol. The molecule has 2 aromatic heterocycles. The van der Waals surface area contributed by atoms with Gasteiger partial charge in [0, 0.05) is 18.8 Å². The highest BCUT2D eigenvalue weighted by atomic mass is 16.5. The third-order valence-corrected chi connectivity index (χ3v) is 2.79. The fraction of sp³-hybridized carbons (Fsp3) is 0.143. The first kappa shape index (κ1) is 13.8. The maximum Gasteiger partial charge on any atom is 0.273 e. The molecule has 2 N–H and O–H groups in total. The number of rotatable bonds is 5. The number of carbonyl (C=O) groups is 1. The smallest absolute Gasteiger partial charge is 0.273 e. The van der Waals surface area contributed by atoms with Crippen molar-refractivity contribution in [2.24, 2.45) is 0 Å². The van der Waals surface area contributed by atoms with Crippen LogP contribution in [0.3, 0.4) is 0 Å². The van der Waals surface area contributed by atoms with E-state index >= 15 is 0 Å². The molecule has 0 atom stereocenters. The van der Waals surface area contributed by atoms with Crippen LogP contribution in [0.15, 0.2) is 40.9 Å². The molecular weight excluding hydrogens is 286 g/mol. The summed E-state index contributed by atoms with van der Waals surface area (Å²) < 4.78 is 10.7. The molecule has 0 spiro atoms. The Labute approximate surface area is 125 Å². The molecule has 0 aliphatic carbocycles. The van der Waals surface area contributed by atoms with Crippen LogP contribution in [0.2, 0.25) is 0 Å². The van der Waals surface area contributed by atoms with E-state index in [1.165, 1.54) is 6.20 Å². The molecule has 2 heterocycles. The lowest BCUT2D eigenvalue weighted by Crippen LogP contribution is -2.12. The van der Waals surface area contributed by atoms with Crippen LogP contribution in [0.25, 0.3) is 0 Å². The number of hydrogen-bond acceptors (Lipinski definition) is 6. The molecule has 22 heavy (non-hydrogen) atoms. The Morgan fingerprint density at radius 2 is 2.09 bits per heavy atom. The van der Waals surface area contributed by atoms with Crippen LogP contribution in [0.4, 0.5) is 5.69 Å². The molecule has 0 aliphatic heterocycles. The van der Waals surface area contributed by atoms with Crippen molar-refractivity contribution in [3.8, 4) is 5.75 Å². The number of ether oxygens (including phenoxy) is 1. The number of aryl methyl sites for hydroxylation is 1. The van der Waals surface area contributed by atoms with Crippen LogP contribution in [-0.2, 0) is 6.61 Å². The summed E-state index contributed by atoms with van der Waals surface area (Å²) in [5, 5.41) is 16.6. The number of benzene rings is 1. The molecule has 1 aromatic carbocycles. The Hall–Kier alpha value is -3.16. The van der Waals surface area contributed by atoms with E-state index in [9.17, 15) is 4.79 Å². The van der Waals surface area contributed by atoms with E-state index in [4.69, 9.17) is 9.15 Å². The highest BCUT2D eigenvalue weighted by Gasteiger charge is 2.07. The van der Waals surface area contributed by atoms with Crippen LogP contribution in [0.5, 0.6) is 5.75 Å². The third-order valence-electron chi connectivity index (χ3n) is 2.79. The summed E-state index contributed by atoms with van der Waals surface area (Å²) in [5.41, 5.74) is 1.05. The maximum atomic E-state index is 11.8. The number of aromatic nitrogens is 4. The summed E-state index contributed by atoms with van der Waals surface area (Å²) in [7, 11) is 0. The van der Waals surface area contributed by atoms with E-state index in [0.717, 1.165) is 0 Å². The van der Waals surface area contributed by atoms with Gasteiger partial charge in [0.25, 0.3) is 11.8 Å². The largest absolute Gasteiger partial charge is 0.484 e. The lowest BCUT2D eigenvalue weighted by atomic mass is 10.3. The molecule has 0 unspecified atom stereocenters.